The Labute approximate surface area is 145 Å². The van der Waals surface area contributed by atoms with Crippen molar-refractivity contribution >= 4 is 16.9 Å². The molecule has 1 N–H and O–H groups in total. The highest BCUT2D eigenvalue weighted by atomic mass is 16.5. The van der Waals surface area contributed by atoms with Crippen LogP contribution in [0.2, 0.25) is 0 Å². The largest absolute Gasteiger partial charge is 0.497 e. The number of hydrogen-bond acceptors (Lipinski definition) is 4. The summed E-state index contributed by atoms with van der Waals surface area (Å²) in [5.41, 5.74) is 3.43. The van der Waals surface area contributed by atoms with Crippen LogP contribution in [0, 0.1) is 6.92 Å². The lowest BCUT2D eigenvalue weighted by molar-refractivity contribution is 0.0790. The molecule has 1 aliphatic rings. The minimum Gasteiger partial charge on any atom is -0.497 e. The van der Waals surface area contributed by atoms with Gasteiger partial charge in [-0.2, -0.15) is 5.10 Å². The first-order chi connectivity index (χ1) is 12.2. The third-order valence-electron chi connectivity index (χ3n) is 4.91. The molecule has 6 nitrogen and oxygen atoms in total. The Morgan fingerprint density at radius 1 is 1.32 bits per heavy atom. The fourth-order valence-corrected chi connectivity index (χ4v) is 3.41. The van der Waals surface area contributed by atoms with Crippen LogP contribution in [0.15, 0.2) is 36.5 Å². The van der Waals surface area contributed by atoms with E-state index in [4.69, 9.17) is 4.74 Å². The van der Waals surface area contributed by atoms with Gasteiger partial charge in [0.2, 0.25) is 0 Å². The summed E-state index contributed by atoms with van der Waals surface area (Å²) in [4.78, 5) is 19.0. The number of nitrogens with one attached hydrogen (secondary N) is 1. The van der Waals surface area contributed by atoms with Crippen LogP contribution in [0.25, 0.3) is 11.0 Å². The molecular formula is C19H20N4O2. The molecule has 0 bridgehead atoms. The molecular weight excluding hydrogens is 316 g/mol. The molecule has 4 rings (SSSR count). The summed E-state index contributed by atoms with van der Waals surface area (Å²) >= 11 is 0. The van der Waals surface area contributed by atoms with Crippen LogP contribution in [-0.2, 0) is 0 Å². The van der Waals surface area contributed by atoms with Gasteiger partial charge in [-0.3, -0.25) is 9.89 Å². The minimum absolute atomic E-state index is 0.0333. The first-order valence-electron chi connectivity index (χ1n) is 8.39. The van der Waals surface area contributed by atoms with E-state index in [1.807, 2.05) is 30.0 Å². The number of likely N-dealkylation sites (tertiary alicyclic amines) is 1. The number of hydrogen-bond donors (Lipinski definition) is 1. The van der Waals surface area contributed by atoms with E-state index in [2.05, 4.69) is 27.3 Å². The predicted octanol–water partition coefficient (Wildman–Crippen LogP) is 2.90. The van der Waals surface area contributed by atoms with Crippen molar-refractivity contribution in [3.05, 3.63) is 53.3 Å². The molecule has 2 aromatic heterocycles. The lowest BCUT2D eigenvalue weighted by Crippen LogP contribution is -2.28. The highest BCUT2D eigenvalue weighted by molar-refractivity contribution is 5.97. The fourth-order valence-electron chi connectivity index (χ4n) is 3.41. The number of benzene rings is 1. The van der Waals surface area contributed by atoms with Gasteiger partial charge in [0.15, 0.2) is 5.65 Å². The fraction of sp³-hybridized carbons (Fsp3) is 0.316. The van der Waals surface area contributed by atoms with Crippen LogP contribution in [0.1, 0.15) is 34.0 Å². The van der Waals surface area contributed by atoms with Crippen LogP contribution in [0.4, 0.5) is 0 Å². The Morgan fingerprint density at radius 2 is 2.12 bits per heavy atom. The molecule has 1 amide bonds. The molecule has 0 radical (unpaired) electrons. The number of aromatic amines is 1. The van der Waals surface area contributed by atoms with Crippen molar-refractivity contribution in [2.45, 2.75) is 19.3 Å². The van der Waals surface area contributed by atoms with Gasteiger partial charge in [0.25, 0.3) is 5.91 Å². The topological polar surface area (TPSA) is 71.1 Å². The normalized spacial score (nSPS) is 17.2. The minimum atomic E-state index is 0.0333. The zero-order chi connectivity index (χ0) is 17.4. The Kier molecular flexibility index (Phi) is 3.87. The standard InChI is InChI=1S/C19H20N4O2/c1-12-17-9-15(10-20-18(17)22-21-12)19(24)23-8-7-14(11-23)13-3-5-16(25-2)6-4-13/h3-6,9-10,14H,7-8,11H2,1-2H3,(H,20,21,22)/t14-/m0/s1. The Hall–Kier alpha value is -2.89. The SMILES string of the molecule is COc1ccc([C@H]2CCN(C(=O)c3cnc4n[nH]c(C)c4c3)C2)cc1. The van der Waals surface area contributed by atoms with Crippen molar-refractivity contribution in [2.24, 2.45) is 0 Å². The first kappa shape index (κ1) is 15.6. The van der Waals surface area contributed by atoms with Crippen LogP contribution in [0.5, 0.6) is 5.75 Å². The Morgan fingerprint density at radius 3 is 2.88 bits per heavy atom. The van der Waals surface area contributed by atoms with Crippen LogP contribution >= 0.6 is 0 Å². The van der Waals surface area contributed by atoms with Crippen LogP contribution < -0.4 is 4.74 Å². The number of carbonyl (C=O) groups is 1. The third-order valence-corrected chi connectivity index (χ3v) is 4.91. The van der Waals surface area contributed by atoms with E-state index in [1.165, 1.54) is 5.56 Å². The molecule has 1 fully saturated rings. The van der Waals surface area contributed by atoms with Gasteiger partial charge in [-0.1, -0.05) is 12.1 Å². The average molecular weight is 336 g/mol. The number of rotatable bonds is 3. The number of aryl methyl sites for hydroxylation is 1. The summed E-state index contributed by atoms with van der Waals surface area (Å²) in [6.45, 7) is 3.42. The summed E-state index contributed by atoms with van der Waals surface area (Å²) in [5.74, 6) is 1.25. The highest BCUT2D eigenvalue weighted by Gasteiger charge is 2.28. The number of amides is 1. The predicted molar refractivity (Wildman–Crippen MR) is 94.9 cm³/mol. The monoisotopic (exact) mass is 336 g/mol. The zero-order valence-corrected chi connectivity index (χ0v) is 14.3. The molecule has 1 saturated heterocycles. The smallest absolute Gasteiger partial charge is 0.255 e. The van der Waals surface area contributed by atoms with E-state index in [1.54, 1.807) is 13.3 Å². The number of fused-ring (bicyclic) bond motifs is 1. The molecule has 128 valence electrons. The van der Waals surface area contributed by atoms with Gasteiger partial charge in [-0.05, 0) is 37.1 Å². The second-order valence-corrected chi connectivity index (χ2v) is 6.45. The summed E-state index contributed by atoms with van der Waals surface area (Å²) in [7, 11) is 1.66. The van der Waals surface area contributed by atoms with Gasteiger partial charge < -0.3 is 9.64 Å². The van der Waals surface area contributed by atoms with E-state index in [0.29, 0.717) is 17.1 Å². The van der Waals surface area contributed by atoms with Gasteiger partial charge in [0, 0.05) is 36.3 Å². The van der Waals surface area contributed by atoms with Crippen molar-refractivity contribution in [1.29, 1.82) is 0 Å². The van der Waals surface area contributed by atoms with E-state index in [0.717, 1.165) is 36.3 Å². The first-order valence-corrected chi connectivity index (χ1v) is 8.39. The van der Waals surface area contributed by atoms with Crippen molar-refractivity contribution in [1.82, 2.24) is 20.1 Å². The summed E-state index contributed by atoms with van der Waals surface area (Å²) in [5, 5.41) is 7.91. The molecule has 1 aromatic carbocycles. The molecule has 0 aliphatic carbocycles. The number of aromatic nitrogens is 3. The quantitative estimate of drug-likeness (QED) is 0.798. The number of methoxy groups -OCH3 is 1. The number of carbonyl (C=O) groups excluding carboxylic acids is 1. The zero-order valence-electron chi connectivity index (χ0n) is 14.3. The van der Waals surface area contributed by atoms with Gasteiger partial charge in [0.1, 0.15) is 5.75 Å². The third kappa shape index (κ3) is 2.84. The molecule has 6 heteroatoms. The molecule has 1 aliphatic heterocycles. The Balaban J connectivity index is 1.51. The number of pyridine rings is 1. The molecule has 0 spiro atoms. The molecule has 25 heavy (non-hydrogen) atoms. The highest BCUT2D eigenvalue weighted by Crippen LogP contribution is 2.29. The van der Waals surface area contributed by atoms with Crippen LogP contribution in [0.3, 0.4) is 0 Å². The molecule has 1 atom stereocenters. The Bertz CT molecular complexity index is 917. The van der Waals surface area contributed by atoms with Gasteiger partial charge >= 0.3 is 0 Å². The maximum absolute atomic E-state index is 12.8. The van der Waals surface area contributed by atoms with E-state index < -0.39 is 0 Å². The van der Waals surface area contributed by atoms with E-state index >= 15 is 0 Å². The molecule has 0 saturated carbocycles. The second-order valence-electron chi connectivity index (χ2n) is 6.45. The van der Waals surface area contributed by atoms with Crippen molar-refractivity contribution in [3.8, 4) is 5.75 Å². The summed E-state index contributed by atoms with van der Waals surface area (Å²) in [6, 6.07) is 9.99. The van der Waals surface area contributed by atoms with Gasteiger partial charge in [-0.25, -0.2) is 4.98 Å². The van der Waals surface area contributed by atoms with Crippen LogP contribution in [-0.4, -0.2) is 46.2 Å². The molecule has 0 unspecified atom stereocenters. The second kappa shape index (κ2) is 6.20. The van der Waals surface area contributed by atoms with Crippen molar-refractivity contribution < 1.29 is 9.53 Å². The maximum Gasteiger partial charge on any atom is 0.255 e. The van der Waals surface area contributed by atoms with Gasteiger partial charge in [0.05, 0.1) is 12.7 Å². The van der Waals surface area contributed by atoms with Crippen molar-refractivity contribution in [2.75, 3.05) is 20.2 Å². The molecule has 3 aromatic rings. The average Bonchev–Trinajstić information content (AvgIpc) is 3.28. The van der Waals surface area contributed by atoms with Crippen molar-refractivity contribution in [3.63, 3.8) is 0 Å². The number of nitrogens with zero attached hydrogens (tertiary/aromatic N) is 3. The van der Waals surface area contributed by atoms with E-state index in [9.17, 15) is 4.79 Å². The van der Waals surface area contributed by atoms with E-state index in [-0.39, 0.29) is 5.91 Å². The summed E-state index contributed by atoms with van der Waals surface area (Å²) in [6.07, 6.45) is 2.59. The molecule has 3 heterocycles. The lowest BCUT2D eigenvalue weighted by Gasteiger charge is -2.17. The number of ether oxygens (including phenoxy) is 1. The van der Waals surface area contributed by atoms with Gasteiger partial charge in [-0.15, -0.1) is 0 Å². The maximum atomic E-state index is 12.8. The number of H-pyrrole nitrogens is 1. The summed E-state index contributed by atoms with van der Waals surface area (Å²) < 4.78 is 5.21. The lowest BCUT2D eigenvalue weighted by atomic mass is 9.98.